The molecule has 0 aromatic heterocycles. The number of aliphatic hydroxyl groups excluding tert-OH is 2. The van der Waals surface area contributed by atoms with Gasteiger partial charge in [-0.1, -0.05) is 37.1 Å². The summed E-state index contributed by atoms with van der Waals surface area (Å²) in [4.78, 5) is 0. The van der Waals surface area contributed by atoms with Crippen LogP contribution in [0.5, 0.6) is 0 Å². The van der Waals surface area contributed by atoms with Gasteiger partial charge in [-0.25, -0.2) is 0 Å². The molecule has 0 spiro atoms. The van der Waals surface area contributed by atoms with Crippen LogP contribution < -0.4 is 0 Å². The van der Waals surface area contributed by atoms with Gasteiger partial charge in [-0.15, -0.1) is 0 Å². The topological polar surface area (TPSA) is 60.7 Å². The molecule has 0 saturated heterocycles. The molecule has 4 aliphatic carbocycles. The van der Waals surface area contributed by atoms with Crippen LogP contribution in [0, 0.1) is 22.7 Å². The highest BCUT2D eigenvalue weighted by Crippen LogP contribution is 2.66. The van der Waals surface area contributed by atoms with Gasteiger partial charge in [0.05, 0.1) is 17.8 Å². The van der Waals surface area contributed by atoms with Crippen LogP contribution in [0.15, 0.2) is 23.3 Å². The maximum Gasteiger partial charge on any atom is 0.0961 e. The highest BCUT2D eigenvalue weighted by Gasteiger charge is 2.63. The van der Waals surface area contributed by atoms with Gasteiger partial charge in [-0.05, 0) is 69.1 Å². The van der Waals surface area contributed by atoms with Crippen molar-refractivity contribution in [2.45, 2.75) is 83.5 Å². The third-order valence-corrected chi connectivity index (χ3v) is 8.45. The quantitative estimate of drug-likeness (QED) is 0.690. The summed E-state index contributed by atoms with van der Waals surface area (Å²) in [7, 11) is 0. The lowest BCUT2D eigenvalue weighted by Gasteiger charge is -2.56. The lowest BCUT2D eigenvalue weighted by atomic mass is 9.49. The van der Waals surface area contributed by atoms with E-state index in [2.05, 4.69) is 26.0 Å². The summed E-state index contributed by atoms with van der Waals surface area (Å²) in [5.74, 6) is 0.914. The molecule has 0 aliphatic heterocycles. The van der Waals surface area contributed by atoms with Crippen molar-refractivity contribution < 1.29 is 15.3 Å². The Hall–Kier alpha value is -0.640. The van der Waals surface area contributed by atoms with Gasteiger partial charge in [0.2, 0.25) is 0 Å². The molecule has 3 nitrogen and oxygen atoms in total. The van der Waals surface area contributed by atoms with Crippen LogP contribution in [-0.4, -0.2) is 33.1 Å². The Morgan fingerprint density at radius 3 is 2.46 bits per heavy atom. The normalized spacial score (nSPS) is 51.8. The molecule has 3 N–H and O–H groups in total. The summed E-state index contributed by atoms with van der Waals surface area (Å²) >= 11 is 0. The largest absolute Gasteiger partial charge is 0.393 e. The van der Waals surface area contributed by atoms with Crippen molar-refractivity contribution >= 4 is 0 Å². The smallest absolute Gasteiger partial charge is 0.0961 e. The zero-order valence-electron chi connectivity index (χ0n) is 15.3. The van der Waals surface area contributed by atoms with Gasteiger partial charge in [-0.3, -0.25) is 0 Å². The number of allylic oxidation sites excluding steroid dienone is 3. The van der Waals surface area contributed by atoms with Gasteiger partial charge in [0.25, 0.3) is 0 Å². The van der Waals surface area contributed by atoms with Gasteiger partial charge in [0.1, 0.15) is 0 Å². The second kappa shape index (κ2) is 5.18. The van der Waals surface area contributed by atoms with E-state index >= 15 is 0 Å². The Morgan fingerprint density at radius 2 is 1.75 bits per heavy atom. The Balaban J connectivity index is 1.74. The second-order valence-corrected chi connectivity index (χ2v) is 9.37. The Kier molecular flexibility index (Phi) is 3.63. The monoisotopic (exact) mass is 332 g/mol. The fraction of sp³-hybridized carbons (Fsp3) is 0.810. The van der Waals surface area contributed by atoms with Crippen LogP contribution >= 0.6 is 0 Å². The van der Waals surface area contributed by atoms with Gasteiger partial charge < -0.3 is 15.3 Å². The van der Waals surface area contributed by atoms with Crippen LogP contribution in [0.4, 0.5) is 0 Å². The van der Waals surface area contributed by atoms with E-state index < -0.39 is 11.7 Å². The molecule has 0 aromatic carbocycles. The van der Waals surface area contributed by atoms with Crippen molar-refractivity contribution in [3.05, 3.63) is 23.3 Å². The summed E-state index contributed by atoms with van der Waals surface area (Å²) in [6, 6.07) is 0. The van der Waals surface area contributed by atoms with E-state index in [1.807, 2.05) is 0 Å². The molecular formula is C21H32O3. The minimum Gasteiger partial charge on any atom is -0.393 e. The standard InChI is InChI=1S/C21H32O3/c1-13(22)21(24)11-8-18-16-5-4-14-12-15(23)6-9-19(14,2)17(16)7-10-20(18,21)3/h4-5,13,15,17-18,22-24H,6-12H2,1-3H3/t13-,15?,17+,18+,19+,20+,21+/m1/s1. The second-order valence-electron chi connectivity index (χ2n) is 9.37. The van der Waals surface area contributed by atoms with E-state index in [0.717, 1.165) is 38.5 Å². The van der Waals surface area contributed by atoms with Gasteiger partial charge in [-0.2, -0.15) is 0 Å². The first-order valence-corrected chi connectivity index (χ1v) is 9.72. The lowest BCUT2D eigenvalue weighted by molar-refractivity contribution is -0.148. The Labute approximate surface area is 145 Å². The molecule has 0 aromatic rings. The van der Waals surface area contributed by atoms with E-state index in [9.17, 15) is 15.3 Å². The van der Waals surface area contributed by atoms with E-state index in [-0.39, 0.29) is 16.9 Å². The molecule has 0 amide bonds. The third kappa shape index (κ3) is 1.95. The Morgan fingerprint density at radius 1 is 1.04 bits per heavy atom. The molecule has 3 saturated carbocycles. The predicted octanol–water partition coefficient (Wildman–Crippen LogP) is 3.34. The maximum atomic E-state index is 11.2. The van der Waals surface area contributed by atoms with E-state index in [4.69, 9.17) is 0 Å². The number of hydrogen-bond acceptors (Lipinski definition) is 3. The maximum absolute atomic E-state index is 11.2. The molecule has 1 unspecified atom stereocenters. The molecule has 0 heterocycles. The highest BCUT2D eigenvalue weighted by atomic mass is 16.3. The van der Waals surface area contributed by atoms with Crippen LogP contribution in [0.1, 0.15) is 65.7 Å². The van der Waals surface area contributed by atoms with Crippen molar-refractivity contribution in [2.75, 3.05) is 0 Å². The molecule has 134 valence electrons. The fourth-order valence-electron chi connectivity index (χ4n) is 6.72. The molecule has 4 rings (SSSR count). The minimum atomic E-state index is -0.961. The van der Waals surface area contributed by atoms with Gasteiger partial charge in [0, 0.05) is 5.41 Å². The molecule has 4 aliphatic rings. The van der Waals surface area contributed by atoms with E-state index in [0.29, 0.717) is 18.3 Å². The zero-order chi connectivity index (χ0) is 17.3. The fourth-order valence-corrected chi connectivity index (χ4v) is 6.72. The molecular weight excluding hydrogens is 300 g/mol. The first-order chi connectivity index (χ1) is 11.2. The van der Waals surface area contributed by atoms with Crippen molar-refractivity contribution in [3.63, 3.8) is 0 Å². The third-order valence-electron chi connectivity index (χ3n) is 8.45. The number of rotatable bonds is 1. The summed E-state index contributed by atoms with van der Waals surface area (Å²) in [5.41, 5.74) is 1.91. The van der Waals surface area contributed by atoms with Crippen LogP contribution in [-0.2, 0) is 0 Å². The molecule has 7 atom stereocenters. The van der Waals surface area contributed by atoms with Crippen LogP contribution in [0.3, 0.4) is 0 Å². The number of hydrogen-bond donors (Lipinski definition) is 3. The van der Waals surface area contributed by atoms with Crippen molar-refractivity contribution in [1.29, 1.82) is 0 Å². The van der Waals surface area contributed by atoms with Crippen LogP contribution in [0.25, 0.3) is 0 Å². The lowest BCUT2D eigenvalue weighted by Crippen LogP contribution is -2.56. The zero-order valence-corrected chi connectivity index (χ0v) is 15.3. The van der Waals surface area contributed by atoms with Crippen molar-refractivity contribution in [1.82, 2.24) is 0 Å². The number of aliphatic hydroxyl groups is 3. The van der Waals surface area contributed by atoms with Crippen molar-refractivity contribution in [2.24, 2.45) is 22.7 Å². The minimum absolute atomic E-state index is 0.177. The molecule has 3 fully saturated rings. The average molecular weight is 332 g/mol. The van der Waals surface area contributed by atoms with E-state index in [1.54, 1.807) is 6.92 Å². The van der Waals surface area contributed by atoms with E-state index in [1.165, 1.54) is 11.1 Å². The summed E-state index contributed by atoms with van der Waals surface area (Å²) < 4.78 is 0. The Bertz CT molecular complexity index is 606. The summed E-state index contributed by atoms with van der Waals surface area (Å²) in [5, 5.41) is 31.5. The first-order valence-electron chi connectivity index (χ1n) is 9.72. The highest BCUT2D eigenvalue weighted by molar-refractivity contribution is 5.39. The molecule has 0 radical (unpaired) electrons. The van der Waals surface area contributed by atoms with Gasteiger partial charge >= 0.3 is 0 Å². The predicted molar refractivity (Wildman–Crippen MR) is 94.3 cm³/mol. The number of fused-ring (bicyclic) bond motifs is 5. The van der Waals surface area contributed by atoms with Gasteiger partial charge in [0.15, 0.2) is 0 Å². The molecule has 24 heavy (non-hydrogen) atoms. The first kappa shape index (κ1) is 16.8. The van der Waals surface area contributed by atoms with Crippen LogP contribution in [0.2, 0.25) is 0 Å². The molecule has 0 bridgehead atoms. The average Bonchev–Trinajstić information content (AvgIpc) is 2.81. The van der Waals surface area contributed by atoms with Crippen molar-refractivity contribution in [3.8, 4) is 0 Å². The SMILES string of the molecule is C[C@@H](O)[C@@]1(O)CC[C@H]2C3=CC=C4CC(O)CC[C@]4(C)[C@H]3CC[C@@]21C. The molecule has 3 heteroatoms. The summed E-state index contributed by atoms with van der Waals surface area (Å²) in [6.07, 6.45) is 10.2. The summed E-state index contributed by atoms with van der Waals surface area (Å²) in [6.45, 7) is 6.33.